The molecule has 3 rings (SSSR count). The number of nitrogens with one attached hydrogen (secondary N) is 2. The predicted octanol–water partition coefficient (Wildman–Crippen LogP) is 2.96. The van der Waals surface area contributed by atoms with E-state index < -0.39 is 0 Å². The molecule has 1 aromatic heterocycles. The number of rotatable bonds is 5. The van der Waals surface area contributed by atoms with Crippen molar-refractivity contribution in [3.05, 3.63) is 46.4 Å². The highest BCUT2D eigenvalue weighted by atomic mass is 35.5. The van der Waals surface area contributed by atoms with E-state index in [4.69, 9.17) is 0 Å². The monoisotopic (exact) mass is 402 g/mol. The number of para-hydroxylation sites is 1. The van der Waals surface area contributed by atoms with Crippen molar-refractivity contribution in [1.82, 2.24) is 15.2 Å². The van der Waals surface area contributed by atoms with E-state index in [9.17, 15) is 4.79 Å². The average Bonchev–Trinajstić information content (AvgIpc) is 2.97. The standard InChI is InChI=1S/C17H22N4OS.2ClH/c1-13-10-18-7-8-21(13)11-15-12-23-17(20-15)9-16(22)19-14-5-3-2-4-6-14;;/h2-6,12-13,18H,7-11H2,1H3,(H,19,22);2*1H/t13-;;/m1../s1. The fourth-order valence-electron chi connectivity index (χ4n) is 2.69. The van der Waals surface area contributed by atoms with Crippen LogP contribution in [0.2, 0.25) is 0 Å². The van der Waals surface area contributed by atoms with Crippen molar-refractivity contribution in [3.8, 4) is 0 Å². The predicted molar refractivity (Wildman–Crippen MR) is 108 cm³/mol. The number of halogens is 2. The van der Waals surface area contributed by atoms with E-state index in [1.165, 1.54) is 0 Å². The van der Waals surface area contributed by atoms with Crippen LogP contribution in [-0.4, -0.2) is 41.5 Å². The number of anilines is 1. The van der Waals surface area contributed by atoms with Gasteiger partial charge in [0.2, 0.25) is 5.91 Å². The lowest BCUT2D eigenvalue weighted by molar-refractivity contribution is -0.115. The number of aromatic nitrogens is 1. The Kier molecular flexibility index (Phi) is 9.38. The Labute approximate surface area is 165 Å². The van der Waals surface area contributed by atoms with Crippen molar-refractivity contribution in [1.29, 1.82) is 0 Å². The molecule has 1 saturated heterocycles. The van der Waals surface area contributed by atoms with Gasteiger partial charge in [-0.15, -0.1) is 36.2 Å². The van der Waals surface area contributed by atoms with E-state index >= 15 is 0 Å². The Morgan fingerprint density at radius 2 is 2.12 bits per heavy atom. The van der Waals surface area contributed by atoms with E-state index in [-0.39, 0.29) is 30.7 Å². The van der Waals surface area contributed by atoms with Gasteiger partial charge in [0.15, 0.2) is 0 Å². The van der Waals surface area contributed by atoms with Crippen LogP contribution in [0.15, 0.2) is 35.7 Å². The second-order valence-corrected chi connectivity index (χ2v) is 6.79. The van der Waals surface area contributed by atoms with Crippen LogP contribution in [0.1, 0.15) is 17.6 Å². The van der Waals surface area contributed by atoms with E-state index in [2.05, 4.69) is 32.8 Å². The number of amides is 1. The van der Waals surface area contributed by atoms with Crippen LogP contribution in [0.3, 0.4) is 0 Å². The highest BCUT2D eigenvalue weighted by Gasteiger charge is 2.19. The fraction of sp³-hybridized carbons (Fsp3) is 0.412. The van der Waals surface area contributed by atoms with Crippen LogP contribution in [0.4, 0.5) is 5.69 Å². The molecule has 1 aliphatic heterocycles. The highest BCUT2D eigenvalue weighted by molar-refractivity contribution is 7.09. The zero-order valence-corrected chi connectivity index (χ0v) is 16.6. The van der Waals surface area contributed by atoms with E-state index in [0.29, 0.717) is 12.5 Å². The molecule has 0 aliphatic carbocycles. The molecule has 0 bridgehead atoms. The van der Waals surface area contributed by atoms with Gasteiger partial charge in [0, 0.05) is 43.3 Å². The first-order chi connectivity index (χ1) is 11.2. The van der Waals surface area contributed by atoms with Crippen LogP contribution in [0.25, 0.3) is 0 Å². The molecule has 1 atom stereocenters. The van der Waals surface area contributed by atoms with Gasteiger partial charge >= 0.3 is 0 Å². The van der Waals surface area contributed by atoms with Gasteiger partial charge in [0.1, 0.15) is 5.01 Å². The zero-order valence-electron chi connectivity index (χ0n) is 14.1. The number of nitrogens with zero attached hydrogens (tertiary/aromatic N) is 2. The van der Waals surface area contributed by atoms with Crippen molar-refractivity contribution in [2.75, 3.05) is 25.0 Å². The lowest BCUT2D eigenvalue weighted by Gasteiger charge is -2.33. The van der Waals surface area contributed by atoms with Gasteiger partial charge < -0.3 is 10.6 Å². The summed E-state index contributed by atoms with van der Waals surface area (Å²) in [7, 11) is 0. The van der Waals surface area contributed by atoms with Crippen LogP contribution < -0.4 is 10.6 Å². The third kappa shape index (κ3) is 6.56. The SMILES string of the molecule is C[C@@H]1CNCCN1Cc1csc(CC(=O)Nc2ccccc2)n1.Cl.Cl. The van der Waals surface area contributed by atoms with Gasteiger partial charge in [0.25, 0.3) is 0 Å². The van der Waals surface area contributed by atoms with Crippen molar-refractivity contribution < 1.29 is 4.79 Å². The molecule has 0 spiro atoms. The first kappa shape index (κ1) is 21.9. The van der Waals surface area contributed by atoms with E-state index in [1.54, 1.807) is 11.3 Å². The van der Waals surface area contributed by atoms with Crippen LogP contribution in [-0.2, 0) is 17.8 Å². The number of carbonyl (C=O) groups excluding carboxylic acids is 1. The molecule has 2 N–H and O–H groups in total. The second kappa shape index (κ2) is 10.7. The smallest absolute Gasteiger partial charge is 0.231 e. The normalized spacial score (nSPS) is 17.2. The molecule has 0 radical (unpaired) electrons. The summed E-state index contributed by atoms with van der Waals surface area (Å²) >= 11 is 1.56. The molecule has 1 aliphatic rings. The largest absolute Gasteiger partial charge is 0.326 e. The molecule has 0 saturated carbocycles. The quantitative estimate of drug-likeness (QED) is 0.806. The fourth-order valence-corrected chi connectivity index (χ4v) is 3.48. The highest BCUT2D eigenvalue weighted by Crippen LogP contribution is 2.15. The number of hydrogen-bond acceptors (Lipinski definition) is 5. The summed E-state index contributed by atoms with van der Waals surface area (Å²) < 4.78 is 0. The van der Waals surface area contributed by atoms with Crippen molar-refractivity contribution in [3.63, 3.8) is 0 Å². The van der Waals surface area contributed by atoms with Gasteiger partial charge in [-0.3, -0.25) is 9.69 Å². The molecule has 0 unspecified atom stereocenters. The van der Waals surface area contributed by atoms with Gasteiger partial charge in [-0.25, -0.2) is 4.98 Å². The molecule has 25 heavy (non-hydrogen) atoms. The maximum Gasteiger partial charge on any atom is 0.231 e. The van der Waals surface area contributed by atoms with Gasteiger partial charge in [-0.05, 0) is 19.1 Å². The summed E-state index contributed by atoms with van der Waals surface area (Å²) in [5.74, 6) is -0.0207. The topological polar surface area (TPSA) is 57.3 Å². The Balaban J connectivity index is 0.00000156. The summed E-state index contributed by atoms with van der Waals surface area (Å²) in [5, 5.41) is 9.23. The molecule has 1 fully saturated rings. The summed E-state index contributed by atoms with van der Waals surface area (Å²) in [6.45, 7) is 6.19. The first-order valence-electron chi connectivity index (χ1n) is 7.93. The molecule has 8 heteroatoms. The van der Waals surface area contributed by atoms with Crippen molar-refractivity contribution >= 4 is 47.7 Å². The Morgan fingerprint density at radius 1 is 1.36 bits per heavy atom. The first-order valence-corrected chi connectivity index (χ1v) is 8.81. The van der Waals surface area contributed by atoms with Gasteiger partial charge in [-0.1, -0.05) is 18.2 Å². The Bertz CT molecular complexity index is 653. The molecule has 5 nitrogen and oxygen atoms in total. The average molecular weight is 403 g/mol. The summed E-state index contributed by atoms with van der Waals surface area (Å²) in [6.07, 6.45) is 0.330. The van der Waals surface area contributed by atoms with Crippen LogP contribution >= 0.6 is 36.2 Å². The number of hydrogen-bond donors (Lipinski definition) is 2. The maximum atomic E-state index is 12.1. The molecule has 2 heterocycles. The lowest BCUT2D eigenvalue weighted by atomic mass is 10.2. The molecule has 1 aromatic carbocycles. The third-order valence-electron chi connectivity index (χ3n) is 3.97. The third-order valence-corrected chi connectivity index (χ3v) is 4.87. The minimum absolute atomic E-state index is 0. The zero-order chi connectivity index (χ0) is 16.1. The number of piperazine rings is 1. The number of carbonyl (C=O) groups is 1. The minimum atomic E-state index is -0.0207. The van der Waals surface area contributed by atoms with E-state index in [0.717, 1.165) is 42.6 Å². The van der Waals surface area contributed by atoms with Crippen LogP contribution in [0.5, 0.6) is 0 Å². The van der Waals surface area contributed by atoms with Gasteiger partial charge in [-0.2, -0.15) is 0 Å². The molecular weight excluding hydrogens is 379 g/mol. The van der Waals surface area contributed by atoms with Gasteiger partial charge in [0.05, 0.1) is 12.1 Å². The number of benzene rings is 1. The summed E-state index contributed by atoms with van der Waals surface area (Å²) in [5.41, 5.74) is 1.88. The Morgan fingerprint density at radius 3 is 2.84 bits per heavy atom. The molecule has 2 aromatic rings. The maximum absolute atomic E-state index is 12.1. The summed E-state index contributed by atoms with van der Waals surface area (Å²) in [4.78, 5) is 19.1. The molecule has 1 amide bonds. The van der Waals surface area contributed by atoms with E-state index in [1.807, 2.05) is 30.3 Å². The Hall–Kier alpha value is -1.18. The summed E-state index contributed by atoms with van der Waals surface area (Å²) in [6, 6.07) is 10.0. The lowest BCUT2D eigenvalue weighted by Crippen LogP contribution is -2.49. The van der Waals surface area contributed by atoms with Crippen LogP contribution in [0, 0.1) is 0 Å². The van der Waals surface area contributed by atoms with Crippen molar-refractivity contribution in [2.45, 2.75) is 25.9 Å². The molecule has 138 valence electrons. The number of thiazole rings is 1. The molecular formula is C17H24Cl2N4OS. The second-order valence-electron chi connectivity index (χ2n) is 5.85. The van der Waals surface area contributed by atoms with Crippen molar-refractivity contribution in [2.24, 2.45) is 0 Å². The minimum Gasteiger partial charge on any atom is -0.326 e.